The molecule has 2 aromatic rings. The second kappa shape index (κ2) is 6.21. The smallest absolute Gasteiger partial charge is 0.321 e. The summed E-state index contributed by atoms with van der Waals surface area (Å²) >= 11 is 0. The van der Waals surface area contributed by atoms with E-state index in [4.69, 9.17) is 0 Å². The van der Waals surface area contributed by atoms with Crippen molar-refractivity contribution >= 4 is 11.7 Å². The molecule has 2 amide bonds. The van der Waals surface area contributed by atoms with Crippen LogP contribution in [-0.4, -0.2) is 33.3 Å². The van der Waals surface area contributed by atoms with Gasteiger partial charge in [0.15, 0.2) is 0 Å². The van der Waals surface area contributed by atoms with Crippen LogP contribution in [0.5, 0.6) is 0 Å². The van der Waals surface area contributed by atoms with Crippen LogP contribution in [0, 0.1) is 11.3 Å². The zero-order valence-corrected chi connectivity index (χ0v) is 15.0. The molecule has 2 saturated heterocycles. The fourth-order valence-electron chi connectivity index (χ4n) is 4.44. The van der Waals surface area contributed by atoms with Crippen molar-refractivity contribution in [2.24, 2.45) is 11.3 Å². The van der Waals surface area contributed by atoms with Gasteiger partial charge in [-0.1, -0.05) is 26.0 Å². The highest BCUT2D eigenvalue weighted by Crippen LogP contribution is 2.53. The fraction of sp³-hybridized carbons (Fsp3) is 0.500. The largest absolute Gasteiger partial charge is 0.322 e. The van der Waals surface area contributed by atoms with Gasteiger partial charge in [-0.05, 0) is 54.4 Å². The maximum absolute atomic E-state index is 12.9. The van der Waals surface area contributed by atoms with Crippen LogP contribution in [0.3, 0.4) is 0 Å². The van der Waals surface area contributed by atoms with Crippen molar-refractivity contribution in [2.75, 3.05) is 11.9 Å². The van der Waals surface area contributed by atoms with Gasteiger partial charge in [-0.3, -0.25) is 4.68 Å². The van der Waals surface area contributed by atoms with Gasteiger partial charge in [-0.15, -0.1) is 0 Å². The molecule has 2 aliphatic heterocycles. The lowest BCUT2D eigenvalue weighted by Gasteiger charge is -2.54. The van der Waals surface area contributed by atoms with Gasteiger partial charge in [-0.25, -0.2) is 4.79 Å². The maximum Gasteiger partial charge on any atom is 0.322 e. The Kier molecular flexibility index (Phi) is 4.02. The Labute approximate surface area is 149 Å². The molecule has 5 rings (SSSR count). The van der Waals surface area contributed by atoms with E-state index in [1.54, 1.807) is 6.20 Å². The van der Waals surface area contributed by atoms with Crippen LogP contribution < -0.4 is 5.32 Å². The summed E-state index contributed by atoms with van der Waals surface area (Å²) in [4.78, 5) is 14.9. The first-order chi connectivity index (χ1) is 12.0. The molecule has 3 heterocycles. The number of fused-ring (bicyclic) bond motifs is 3. The summed E-state index contributed by atoms with van der Waals surface area (Å²) in [6.07, 6.45) is 7.22. The second-order valence-corrected chi connectivity index (χ2v) is 7.94. The number of carbonyl (C=O) groups excluding carboxylic acids is 1. The predicted molar refractivity (Wildman–Crippen MR) is 98.4 cm³/mol. The minimum atomic E-state index is 0.0367. The molecule has 1 aromatic carbocycles. The van der Waals surface area contributed by atoms with Gasteiger partial charge < -0.3 is 10.2 Å². The van der Waals surface area contributed by atoms with Gasteiger partial charge in [0.1, 0.15) is 0 Å². The van der Waals surface area contributed by atoms with E-state index >= 15 is 0 Å². The number of hydrogen-bond acceptors (Lipinski definition) is 2. The van der Waals surface area contributed by atoms with Gasteiger partial charge in [0.05, 0.1) is 6.54 Å². The van der Waals surface area contributed by atoms with E-state index in [1.165, 1.54) is 6.42 Å². The van der Waals surface area contributed by atoms with E-state index < -0.39 is 0 Å². The number of benzene rings is 1. The first-order valence-corrected chi connectivity index (χ1v) is 9.18. The molecule has 3 aliphatic rings. The number of hydrogen-bond donors (Lipinski definition) is 1. The van der Waals surface area contributed by atoms with Crippen molar-refractivity contribution in [1.29, 1.82) is 0 Å². The summed E-state index contributed by atoms with van der Waals surface area (Å²) in [6, 6.07) is 10.4. The molecule has 5 nitrogen and oxygen atoms in total. The molecular formula is C20H26N4O. The van der Waals surface area contributed by atoms with Crippen LogP contribution >= 0.6 is 0 Å². The van der Waals surface area contributed by atoms with Crippen molar-refractivity contribution in [3.8, 4) is 0 Å². The van der Waals surface area contributed by atoms with Crippen LogP contribution in [0.4, 0.5) is 10.5 Å². The third kappa shape index (κ3) is 3.03. The summed E-state index contributed by atoms with van der Waals surface area (Å²) in [5.41, 5.74) is 2.23. The maximum atomic E-state index is 12.9. The van der Waals surface area contributed by atoms with Crippen LogP contribution in [0.25, 0.3) is 0 Å². The predicted octanol–water partition coefficient (Wildman–Crippen LogP) is 3.97. The van der Waals surface area contributed by atoms with Crippen molar-refractivity contribution in [3.63, 3.8) is 0 Å². The highest BCUT2D eigenvalue weighted by atomic mass is 16.2. The van der Waals surface area contributed by atoms with E-state index in [0.717, 1.165) is 36.6 Å². The number of amides is 2. The quantitative estimate of drug-likeness (QED) is 0.920. The molecule has 1 aliphatic carbocycles. The highest BCUT2D eigenvalue weighted by molar-refractivity contribution is 5.89. The van der Waals surface area contributed by atoms with Crippen LogP contribution in [0.15, 0.2) is 42.7 Å². The monoisotopic (exact) mass is 338 g/mol. The number of urea groups is 1. The lowest BCUT2D eigenvalue weighted by atomic mass is 9.57. The van der Waals surface area contributed by atoms with E-state index in [0.29, 0.717) is 12.6 Å². The molecule has 1 N–H and O–H groups in total. The third-order valence-corrected chi connectivity index (χ3v) is 6.09. The molecule has 5 heteroatoms. The molecule has 2 atom stereocenters. The average Bonchev–Trinajstić information content (AvgIpc) is 2.91. The molecular weight excluding hydrogens is 312 g/mol. The number of rotatable bonds is 3. The third-order valence-electron chi connectivity index (χ3n) is 6.09. The van der Waals surface area contributed by atoms with Crippen LogP contribution in [-0.2, 0) is 6.54 Å². The molecule has 25 heavy (non-hydrogen) atoms. The molecule has 132 valence electrons. The van der Waals surface area contributed by atoms with E-state index in [1.807, 2.05) is 35.1 Å². The minimum absolute atomic E-state index is 0.0367. The van der Waals surface area contributed by atoms with Gasteiger partial charge in [0.2, 0.25) is 0 Å². The summed E-state index contributed by atoms with van der Waals surface area (Å²) in [5, 5.41) is 7.35. The summed E-state index contributed by atoms with van der Waals surface area (Å²) in [5.74, 6) is 0.771. The normalized spacial score (nSPS) is 24.3. The molecule has 3 fully saturated rings. The summed E-state index contributed by atoms with van der Waals surface area (Å²) in [7, 11) is 0. The number of carbonyl (C=O) groups is 1. The van der Waals surface area contributed by atoms with Crippen LogP contribution in [0.2, 0.25) is 0 Å². The van der Waals surface area contributed by atoms with E-state index in [-0.39, 0.29) is 11.4 Å². The Bertz CT molecular complexity index is 753. The lowest BCUT2D eigenvalue weighted by Crippen LogP contribution is -2.58. The topological polar surface area (TPSA) is 50.2 Å². The number of nitrogens with zero attached hydrogens (tertiary/aromatic N) is 3. The fourth-order valence-corrected chi connectivity index (χ4v) is 4.44. The Hall–Kier alpha value is -2.30. The van der Waals surface area contributed by atoms with E-state index in [2.05, 4.69) is 35.2 Å². The number of nitrogens with one attached hydrogen (secondary N) is 1. The Morgan fingerprint density at radius 3 is 3.00 bits per heavy atom. The summed E-state index contributed by atoms with van der Waals surface area (Å²) in [6.45, 7) is 6.19. The van der Waals surface area contributed by atoms with Crippen molar-refractivity contribution in [1.82, 2.24) is 14.7 Å². The first kappa shape index (κ1) is 16.2. The van der Waals surface area contributed by atoms with Crippen molar-refractivity contribution < 1.29 is 4.79 Å². The van der Waals surface area contributed by atoms with Crippen LogP contribution in [0.1, 0.15) is 38.7 Å². The van der Waals surface area contributed by atoms with Gasteiger partial charge in [0, 0.05) is 30.7 Å². The van der Waals surface area contributed by atoms with Gasteiger partial charge in [-0.2, -0.15) is 5.10 Å². The van der Waals surface area contributed by atoms with E-state index in [9.17, 15) is 4.79 Å². The van der Waals surface area contributed by atoms with Crippen molar-refractivity contribution in [3.05, 3.63) is 48.3 Å². The number of aromatic nitrogens is 2. The molecule has 1 saturated carbocycles. The van der Waals surface area contributed by atoms with Gasteiger partial charge >= 0.3 is 6.03 Å². The standard InChI is InChI=1S/C20H26N4O/c1-20(2)16-7-4-11-24(18(20)13-16)19(25)22-17-8-3-6-15(12-17)14-23-10-5-9-21-23/h3,5-6,8-10,12,16,18H,4,7,11,13-14H2,1-2H3,(H,22,25). The minimum Gasteiger partial charge on any atom is -0.321 e. The SMILES string of the molecule is CC1(C)C2CCCN(C(=O)Nc3cccc(Cn4cccn4)c3)C1C2. The molecule has 2 bridgehead atoms. The zero-order chi connectivity index (χ0) is 17.4. The number of anilines is 1. The van der Waals surface area contributed by atoms with Crippen molar-refractivity contribution in [2.45, 2.75) is 45.7 Å². The average molecular weight is 338 g/mol. The summed E-state index contributed by atoms with van der Waals surface area (Å²) < 4.78 is 1.88. The van der Waals surface area contributed by atoms with Gasteiger partial charge in [0.25, 0.3) is 0 Å². The molecule has 0 radical (unpaired) electrons. The molecule has 1 aromatic heterocycles. The molecule has 0 spiro atoms. The zero-order valence-electron chi connectivity index (χ0n) is 15.0. The highest BCUT2D eigenvalue weighted by Gasteiger charge is 2.52. The Morgan fingerprint density at radius 2 is 2.24 bits per heavy atom. The Balaban J connectivity index is 1.45. The first-order valence-electron chi connectivity index (χ1n) is 9.18. The second-order valence-electron chi connectivity index (χ2n) is 7.94. The molecule has 2 unspecified atom stereocenters. The Morgan fingerprint density at radius 1 is 1.36 bits per heavy atom. The lowest BCUT2D eigenvalue weighted by molar-refractivity contribution is -0.0226.